The summed E-state index contributed by atoms with van der Waals surface area (Å²) in [5.41, 5.74) is 6.80. The average molecular weight is 425 g/mol. The summed E-state index contributed by atoms with van der Waals surface area (Å²) in [4.78, 5) is 9.41. The van der Waals surface area contributed by atoms with Crippen LogP contribution in [0.5, 0.6) is 0 Å². The molecule has 4 nitrogen and oxygen atoms in total. The van der Waals surface area contributed by atoms with E-state index in [1.54, 1.807) is 13.2 Å². The summed E-state index contributed by atoms with van der Waals surface area (Å²) in [6, 6.07) is 14.4. The van der Waals surface area contributed by atoms with Crippen molar-refractivity contribution >= 4 is 29.0 Å². The van der Waals surface area contributed by atoms with Gasteiger partial charge in [-0.3, -0.25) is 0 Å². The largest absolute Gasteiger partial charge is 0.467 e. The Morgan fingerprint density at radius 3 is 2.37 bits per heavy atom. The maximum atomic E-state index is 9.50. The van der Waals surface area contributed by atoms with Crippen LogP contribution in [0.3, 0.4) is 0 Å². The summed E-state index contributed by atoms with van der Waals surface area (Å²) in [5.74, 6) is 0.629. The van der Waals surface area contributed by atoms with E-state index < -0.39 is 0 Å². The second kappa shape index (κ2) is 10.1. The molecule has 1 heterocycles. The van der Waals surface area contributed by atoms with Crippen LogP contribution in [0.4, 0.5) is 0 Å². The van der Waals surface area contributed by atoms with Crippen molar-refractivity contribution in [3.8, 4) is 0 Å². The highest BCUT2D eigenvalue weighted by Crippen LogP contribution is 2.32. The fourth-order valence-corrected chi connectivity index (χ4v) is 3.77. The lowest BCUT2D eigenvalue weighted by molar-refractivity contribution is 0.282. The normalized spacial score (nSPS) is 17.3. The minimum absolute atomic E-state index is 0.0492. The number of rotatable bonds is 5. The van der Waals surface area contributed by atoms with Gasteiger partial charge in [-0.15, -0.1) is 0 Å². The molecule has 1 N–H and O–H groups in total. The molecule has 0 aromatic heterocycles. The van der Waals surface area contributed by atoms with Gasteiger partial charge in [0.25, 0.3) is 0 Å². The summed E-state index contributed by atoms with van der Waals surface area (Å²) < 4.78 is 5.49. The summed E-state index contributed by atoms with van der Waals surface area (Å²) in [6.45, 7) is 6.46. The molecule has 158 valence electrons. The molecule has 5 heteroatoms. The molecular formula is C25H29ClN2O2. The zero-order valence-corrected chi connectivity index (χ0v) is 18.8. The smallest absolute Gasteiger partial charge is 0.316 e. The fourth-order valence-electron chi connectivity index (χ4n) is 3.56. The summed E-state index contributed by atoms with van der Waals surface area (Å²) >= 11 is 6.45. The van der Waals surface area contributed by atoms with Gasteiger partial charge < -0.3 is 9.84 Å². The van der Waals surface area contributed by atoms with E-state index in [1.165, 1.54) is 5.56 Å². The third-order valence-electron chi connectivity index (χ3n) is 5.16. The van der Waals surface area contributed by atoms with Crippen molar-refractivity contribution in [3.63, 3.8) is 0 Å². The van der Waals surface area contributed by atoms with Crippen molar-refractivity contribution in [2.75, 3.05) is 7.11 Å². The number of amidine groups is 1. The number of methoxy groups -OCH3 is 1. The molecule has 3 rings (SSSR count). The number of nitrogens with zero attached hydrogens (tertiary/aromatic N) is 2. The lowest BCUT2D eigenvalue weighted by Crippen LogP contribution is -2.11. The van der Waals surface area contributed by atoms with Crippen LogP contribution >= 0.6 is 11.6 Å². The monoisotopic (exact) mass is 424 g/mol. The van der Waals surface area contributed by atoms with Crippen LogP contribution in [0.15, 0.2) is 58.0 Å². The Balaban J connectivity index is 1.97. The lowest BCUT2D eigenvalue weighted by atomic mass is 9.96. The number of allylic oxidation sites excluding steroid dienone is 1. The topological polar surface area (TPSA) is 54.2 Å². The molecular weight excluding hydrogens is 396 g/mol. The summed E-state index contributed by atoms with van der Waals surface area (Å²) in [6.07, 6.45) is 2.65. The van der Waals surface area contributed by atoms with E-state index in [1.807, 2.05) is 12.1 Å². The van der Waals surface area contributed by atoms with Gasteiger partial charge in [0.15, 0.2) is 0 Å². The second-order valence-corrected chi connectivity index (χ2v) is 8.46. The SMILES string of the molecule is COC1=N/C(c2cc(CO)ccc2Cl)=C(\C)CCC(c2ccc(CC(C)C)cc2)=N1. The molecule has 2 aromatic rings. The number of aliphatic hydroxyl groups is 1. The van der Waals surface area contributed by atoms with Crippen LogP contribution in [0.1, 0.15) is 55.9 Å². The van der Waals surface area contributed by atoms with Crippen molar-refractivity contribution in [1.29, 1.82) is 0 Å². The standard InChI is InChI=1S/C25H29ClN2O2/c1-16(2)13-18-6-9-20(10-7-18)23-12-5-17(3)24(28-25(27-23)30-4)21-14-19(15-29)8-11-22(21)26/h6-11,14,16,29H,5,12-13,15H2,1-4H3/b24-17+,27-23?,28-25?. The molecule has 0 spiro atoms. The summed E-state index contributed by atoms with van der Waals surface area (Å²) in [5, 5.41) is 10.1. The molecule has 0 amide bonds. The highest BCUT2D eigenvalue weighted by molar-refractivity contribution is 6.32. The van der Waals surface area contributed by atoms with Gasteiger partial charge in [-0.2, -0.15) is 9.98 Å². The van der Waals surface area contributed by atoms with Crippen molar-refractivity contribution in [1.82, 2.24) is 0 Å². The molecule has 0 aliphatic carbocycles. The number of aliphatic hydroxyl groups excluding tert-OH is 1. The van der Waals surface area contributed by atoms with Crippen LogP contribution in [0, 0.1) is 5.92 Å². The Labute approximate surface area is 184 Å². The van der Waals surface area contributed by atoms with Gasteiger partial charge in [-0.1, -0.05) is 55.8 Å². The van der Waals surface area contributed by atoms with Crippen LogP contribution in [-0.2, 0) is 17.8 Å². The Bertz CT molecular complexity index is 989. The Morgan fingerprint density at radius 2 is 1.73 bits per heavy atom. The molecule has 1 aliphatic heterocycles. The van der Waals surface area contributed by atoms with Crippen LogP contribution in [0.25, 0.3) is 5.70 Å². The molecule has 0 bridgehead atoms. The van der Waals surface area contributed by atoms with E-state index in [9.17, 15) is 5.11 Å². The van der Waals surface area contributed by atoms with Crippen LogP contribution in [0.2, 0.25) is 5.02 Å². The molecule has 0 radical (unpaired) electrons. The first kappa shape index (κ1) is 22.3. The average Bonchev–Trinajstić information content (AvgIpc) is 2.72. The second-order valence-electron chi connectivity index (χ2n) is 8.05. The highest BCUT2D eigenvalue weighted by Gasteiger charge is 2.17. The molecule has 30 heavy (non-hydrogen) atoms. The molecule has 0 unspecified atom stereocenters. The maximum absolute atomic E-state index is 9.50. The number of halogens is 1. The highest BCUT2D eigenvalue weighted by atomic mass is 35.5. The molecule has 0 saturated carbocycles. The zero-order chi connectivity index (χ0) is 21.7. The third-order valence-corrected chi connectivity index (χ3v) is 5.49. The first-order chi connectivity index (χ1) is 14.4. The van der Waals surface area contributed by atoms with Gasteiger partial charge in [0.1, 0.15) is 0 Å². The van der Waals surface area contributed by atoms with E-state index in [0.717, 1.165) is 52.9 Å². The number of aliphatic imine (C=N–C) groups is 2. The van der Waals surface area contributed by atoms with E-state index >= 15 is 0 Å². The Kier molecular flexibility index (Phi) is 7.46. The predicted molar refractivity (Wildman–Crippen MR) is 125 cm³/mol. The van der Waals surface area contributed by atoms with Gasteiger partial charge in [-0.25, -0.2) is 0 Å². The van der Waals surface area contributed by atoms with E-state index in [4.69, 9.17) is 26.3 Å². The number of benzene rings is 2. The maximum Gasteiger partial charge on any atom is 0.316 e. The third kappa shape index (κ3) is 5.38. The summed E-state index contributed by atoms with van der Waals surface area (Å²) in [7, 11) is 1.58. The number of hydrogen-bond acceptors (Lipinski definition) is 4. The van der Waals surface area contributed by atoms with Gasteiger partial charge >= 0.3 is 6.02 Å². The first-order valence-electron chi connectivity index (χ1n) is 10.3. The van der Waals surface area contributed by atoms with E-state index in [0.29, 0.717) is 17.0 Å². The molecule has 0 atom stereocenters. The van der Waals surface area contributed by atoms with Crippen LogP contribution < -0.4 is 0 Å². The van der Waals surface area contributed by atoms with Gasteiger partial charge in [-0.05, 0) is 66.5 Å². The van der Waals surface area contributed by atoms with Crippen molar-refractivity contribution in [2.45, 2.75) is 46.6 Å². The molecule has 1 aliphatic rings. The minimum atomic E-state index is -0.0492. The predicted octanol–water partition coefficient (Wildman–Crippen LogP) is 6.05. The first-order valence-corrected chi connectivity index (χ1v) is 10.7. The van der Waals surface area contributed by atoms with Crippen molar-refractivity contribution in [3.05, 3.63) is 75.3 Å². The number of hydrogen-bond donors (Lipinski definition) is 1. The van der Waals surface area contributed by atoms with Gasteiger partial charge in [0.2, 0.25) is 0 Å². The van der Waals surface area contributed by atoms with Crippen molar-refractivity contribution < 1.29 is 9.84 Å². The van der Waals surface area contributed by atoms with E-state index in [2.05, 4.69) is 45.0 Å². The molecule has 0 saturated heterocycles. The number of ether oxygens (including phenoxy) is 1. The lowest BCUT2D eigenvalue weighted by Gasteiger charge is -2.16. The molecule has 0 fully saturated rings. The minimum Gasteiger partial charge on any atom is -0.467 e. The van der Waals surface area contributed by atoms with Gasteiger partial charge in [0.05, 0.1) is 25.1 Å². The Morgan fingerprint density at radius 1 is 1.03 bits per heavy atom. The van der Waals surface area contributed by atoms with Crippen molar-refractivity contribution in [2.24, 2.45) is 15.9 Å². The quantitative estimate of drug-likeness (QED) is 0.635. The zero-order valence-electron chi connectivity index (χ0n) is 18.1. The van der Waals surface area contributed by atoms with Gasteiger partial charge in [0, 0.05) is 10.6 Å². The van der Waals surface area contributed by atoms with Crippen LogP contribution in [-0.4, -0.2) is 23.9 Å². The molecule has 2 aromatic carbocycles. The van der Waals surface area contributed by atoms with E-state index in [-0.39, 0.29) is 6.61 Å². The fraction of sp³-hybridized carbons (Fsp3) is 0.360. The Hall–Kier alpha value is -2.43.